The number of ketones is 1. The lowest BCUT2D eigenvalue weighted by molar-refractivity contribution is -0.133. The second kappa shape index (κ2) is 7.79. The predicted molar refractivity (Wildman–Crippen MR) is 131 cm³/mol. The van der Waals surface area contributed by atoms with Crippen LogP contribution < -0.4 is 10.4 Å². The number of nitrogens with zero attached hydrogens (tertiary/aromatic N) is 2. The van der Waals surface area contributed by atoms with E-state index in [9.17, 15) is 9.90 Å². The Hall–Kier alpha value is -1.43. The number of piperidine rings is 2. The topological polar surface area (TPSA) is 55.8 Å². The fourth-order valence-corrected chi connectivity index (χ4v) is 8.93. The Morgan fingerprint density at radius 3 is 2.76 bits per heavy atom. The van der Waals surface area contributed by atoms with Crippen LogP contribution in [0.5, 0.6) is 0 Å². The Kier molecular flexibility index (Phi) is 5.21. The second-order valence-electron chi connectivity index (χ2n) is 12.4. The van der Waals surface area contributed by atoms with Crippen LogP contribution in [0.4, 0.5) is 5.69 Å². The molecule has 2 aliphatic carbocycles. The Morgan fingerprint density at radius 1 is 1.09 bits per heavy atom. The third-order valence-corrected chi connectivity index (χ3v) is 10.5. The number of Topliss-reactive ketones (excluding diaryl/α,β-unsaturated/α-hetero) is 1. The fraction of sp³-hybridized carbons (Fsp3) is 0.750. The molecule has 4 fully saturated rings. The molecule has 8 atom stereocenters. The molecule has 3 unspecified atom stereocenters. The second-order valence-corrected chi connectivity index (χ2v) is 12.4. The molecule has 3 heterocycles. The summed E-state index contributed by atoms with van der Waals surface area (Å²) in [5.74, 6) is 2.83. The Labute approximate surface area is 198 Å². The molecule has 5 nitrogen and oxygen atoms in total. The molecule has 0 spiro atoms. The van der Waals surface area contributed by atoms with Gasteiger partial charge in [0.25, 0.3) is 0 Å². The summed E-state index contributed by atoms with van der Waals surface area (Å²) in [4.78, 5) is 16.3. The number of hydrogen-bond acceptors (Lipinski definition) is 5. The third-order valence-electron chi connectivity index (χ3n) is 10.5. The van der Waals surface area contributed by atoms with Crippen molar-refractivity contribution in [2.75, 3.05) is 24.6 Å². The van der Waals surface area contributed by atoms with E-state index in [1.165, 1.54) is 36.9 Å². The first kappa shape index (κ1) is 22.1. The van der Waals surface area contributed by atoms with Crippen LogP contribution in [0.2, 0.25) is 0 Å². The maximum atomic E-state index is 13.7. The van der Waals surface area contributed by atoms with Crippen molar-refractivity contribution in [3.8, 4) is 0 Å². The van der Waals surface area contributed by atoms with Crippen LogP contribution in [0.25, 0.3) is 0 Å². The average molecular weight is 452 g/mol. The number of carbonyl (C=O) groups excluding carboxylic acids is 1. The van der Waals surface area contributed by atoms with Gasteiger partial charge in [0.2, 0.25) is 0 Å². The van der Waals surface area contributed by atoms with Gasteiger partial charge in [-0.2, -0.15) is 0 Å². The zero-order valence-electron chi connectivity index (χ0n) is 20.6. The van der Waals surface area contributed by atoms with Gasteiger partial charge in [-0.3, -0.25) is 9.69 Å². The van der Waals surface area contributed by atoms with Crippen LogP contribution in [0.15, 0.2) is 24.3 Å². The number of hydrazine groups is 1. The van der Waals surface area contributed by atoms with E-state index < -0.39 is 5.60 Å². The van der Waals surface area contributed by atoms with Gasteiger partial charge in [0, 0.05) is 18.5 Å². The Balaban J connectivity index is 1.17. The van der Waals surface area contributed by atoms with Gasteiger partial charge in [-0.05, 0) is 100 Å². The quantitative estimate of drug-likeness (QED) is 0.717. The number of benzene rings is 1. The molecule has 180 valence electrons. The minimum absolute atomic E-state index is 0.158. The molecule has 33 heavy (non-hydrogen) atoms. The van der Waals surface area contributed by atoms with Crippen molar-refractivity contribution in [2.45, 2.75) is 83.4 Å². The molecule has 0 radical (unpaired) electrons. The van der Waals surface area contributed by atoms with E-state index in [-0.39, 0.29) is 17.4 Å². The molecule has 5 aliphatic rings. The molecule has 3 aliphatic heterocycles. The van der Waals surface area contributed by atoms with Crippen molar-refractivity contribution in [3.63, 3.8) is 0 Å². The first-order valence-corrected chi connectivity index (χ1v) is 13.4. The molecule has 0 aromatic heterocycles. The predicted octanol–water partition coefficient (Wildman–Crippen LogP) is 4.32. The SMILES string of the molecule is CC1NN(CC(=O)[C@H]2CC[C@H]3C4CCN5C[C@](C)(O)CCC5[C@H]4CC[C@]23C)c2ccccc21. The van der Waals surface area contributed by atoms with Gasteiger partial charge >= 0.3 is 0 Å². The van der Waals surface area contributed by atoms with Gasteiger partial charge in [0.15, 0.2) is 5.78 Å². The van der Waals surface area contributed by atoms with Crippen LogP contribution in [0.3, 0.4) is 0 Å². The molecule has 2 saturated carbocycles. The molecule has 0 bridgehead atoms. The van der Waals surface area contributed by atoms with E-state index in [0.29, 0.717) is 24.3 Å². The summed E-state index contributed by atoms with van der Waals surface area (Å²) in [6, 6.07) is 9.37. The smallest absolute Gasteiger partial charge is 0.157 e. The molecule has 2 saturated heterocycles. The molecular formula is C28H41N3O2. The summed E-state index contributed by atoms with van der Waals surface area (Å²) in [7, 11) is 0. The number of nitrogens with one attached hydrogen (secondary N) is 1. The number of carbonyl (C=O) groups is 1. The fourth-order valence-electron chi connectivity index (χ4n) is 8.93. The van der Waals surface area contributed by atoms with Crippen LogP contribution in [0, 0.1) is 29.1 Å². The van der Waals surface area contributed by atoms with Crippen molar-refractivity contribution >= 4 is 11.5 Å². The summed E-state index contributed by atoms with van der Waals surface area (Å²) in [6.45, 7) is 9.08. The van der Waals surface area contributed by atoms with E-state index in [4.69, 9.17) is 0 Å². The minimum atomic E-state index is -0.517. The van der Waals surface area contributed by atoms with E-state index in [0.717, 1.165) is 44.2 Å². The highest BCUT2D eigenvalue weighted by atomic mass is 16.3. The highest BCUT2D eigenvalue weighted by molar-refractivity contribution is 5.87. The molecule has 0 amide bonds. The summed E-state index contributed by atoms with van der Waals surface area (Å²) in [5.41, 5.74) is 5.63. The molecule has 1 aromatic carbocycles. The number of fused-ring (bicyclic) bond motifs is 6. The highest BCUT2D eigenvalue weighted by Gasteiger charge is 2.58. The minimum Gasteiger partial charge on any atom is -0.389 e. The maximum absolute atomic E-state index is 13.7. The van der Waals surface area contributed by atoms with Crippen molar-refractivity contribution in [1.82, 2.24) is 10.3 Å². The van der Waals surface area contributed by atoms with Gasteiger partial charge < -0.3 is 10.1 Å². The van der Waals surface area contributed by atoms with Crippen LogP contribution >= 0.6 is 0 Å². The largest absolute Gasteiger partial charge is 0.389 e. The van der Waals surface area contributed by atoms with E-state index >= 15 is 0 Å². The molecule has 2 N–H and O–H groups in total. The van der Waals surface area contributed by atoms with Crippen LogP contribution in [-0.2, 0) is 4.79 Å². The molecule has 1 aromatic rings. The summed E-state index contributed by atoms with van der Waals surface area (Å²) in [6.07, 6.45) is 8.05. The summed E-state index contributed by atoms with van der Waals surface area (Å²) in [5, 5.41) is 12.7. The summed E-state index contributed by atoms with van der Waals surface area (Å²) >= 11 is 0. The van der Waals surface area contributed by atoms with E-state index in [2.05, 4.69) is 53.4 Å². The first-order valence-electron chi connectivity index (χ1n) is 13.4. The van der Waals surface area contributed by atoms with Crippen LogP contribution in [0.1, 0.15) is 77.3 Å². The number of anilines is 1. The normalized spacial score (nSPS) is 44.7. The standard InChI is InChI=1S/C28H41N3O2/c1-18-19-6-4-5-7-25(19)31(29-18)16-26(32)23-9-8-22-20-12-15-30-17-27(2,33)13-11-24(30)21(20)10-14-28(22,23)3/h4-7,18,20-24,29,33H,8-17H2,1-3H3/t18?,20?,21-,22-,23+,24?,27+,28-/m0/s1. The zero-order valence-corrected chi connectivity index (χ0v) is 20.6. The van der Waals surface area contributed by atoms with Gasteiger partial charge in [-0.1, -0.05) is 25.1 Å². The lowest BCUT2D eigenvalue weighted by Crippen LogP contribution is -2.61. The maximum Gasteiger partial charge on any atom is 0.157 e. The Bertz CT molecular complexity index is 931. The molecular weight excluding hydrogens is 410 g/mol. The lowest BCUT2D eigenvalue weighted by Gasteiger charge is -2.58. The van der Waals surface area contributed by atoms with Crippen LogP contribution in [-0.4, -0.2) is 47.1 Å². The molecule has 5 heteroatoms. The van der Waals surface area contributed by atoms with Gasteiger partial charge in [0.05, 0.1) is 23.9 Å². The van der Waals surface area contributed by atoms with Crippen molar-refractivity contribution < 1.29 is 9.90 Å². The van der Waals surface area contributed by atoms with Crippen molar-refractivity contribution in [3.05, 3.63) is 29.8 Å². The van der Waals surface area contributed by atoms with E-state index in [1.807, 2.05) is 6.92 Å². The molecule has 6 rings (SSSR count). The summed E-state index contributed by atoms with van der Waals surface area (Å²) < 4.78 is 0. The van der Waals surface area contributed by atoms with E-state index in [1.54, 1.807) is 0 Å². The zero-order chi connectivity index (χ0) is 23.0. The van der Waals surface area contributed by atoms with Crippen molar-refractivity contribution in [2.24, 2.45) is 29.1 Å². The number of rotatable bonds is 3. The number of para-hydroxylation sites is 1. The van der Waals surface area contributed by atoms with Crippen molar-refractivity contribution in [1.29, 1.82) is 0 Å². The number of hydrogen-bond donors (Lipinski definition) is 2. The van der Waals surface area contributed by atoms with Gasteiger partial charge in [-0.15, -0.1) is 0 Å². The monoisotopic (exact) mass is 451 g/mol. The lowest BCUT2D eigenvalue weighted by atomic mass is 9.54. The van der Waals surface area contributed by atoms with Gasteiger partial charge in [-0.25, -0.2) is 5.43 Å². The average Bonchev–Trinajstić information content (AvgIpc) is 3.30. The highest BCUT2D eigenvalue weighted by Crippen LogP contribution is 2.62. The Morgan fingerprint density at radius 2 is 1.91 bits per heavy atom. The number of aliphatic hydroxyl groups is 1. The third kappa shape index (κ3) is 3.49. The first-order chi connectivity index (χ1) is 15.8. The van der Waals surface area contributed by atoms with Gasteiger partial charge in [0.1, 0.15) is 0 Å².